The average molecular weight is 515 g/mol. The molecule has 3 aliphatic rings. The molecule has 2 fully saturated rings. The molecule has 2 heterocycles. The highest BCUT2D eigenvalue weighted by Crippen LogP contribution is 2.41. The lowest BCUT2D eigenvalue weighted by Gasteiger charge is -2.51. The predicted octanol–water partition coefficient (Wildman–Crippen LogP) is 2.93. The highest BCUT2D eigenvalue weighted by atomic mass is 32.2. The van der Waals surface area contributed by atoms with Gasteiger partial charge < -0.3 is 20.4 Å². The van der Waals surface area contributed by atoms with Crippen LogP contribution in [0.15, 0.2) is 29.4 Å². The number of carbonyl (C=O) groups is 3. The van der Waals surface area contributed by atoms with Gasteiger partial charge in [0.05, 0.1) is 11.7 Å². The van der Waals surface area contributed by atoms with E-state index in [9.17, 15) is 14.4 Å². The molecular formula is C26H38N6O3S. The third-order valence-corrected chi connectivity index (χ3v) is 7.91. The molecular weight excluding hydrogens is 476 g/mol. The first-order chi connectivity index (χ1) is 17.2. The quantitative estimate of drug-likeness (QED) is 0.517. The number of benzene rings is 1. The molecule has 0 radical (unpaired) electrons. The zero-order valence-corrected chi connectivity index (χ0v) is 22.6. The number of hydrogen-bond acceptors (Lipinski definition) is 7. The molecule has 3 N–H and O–H groups in total. The number of amidine groups is 1. The highest BCUT2D eigenvalue weighted by Gasteiger charge is 2.53. The molecule has 1 aliphatic carbocycles. The number of aryl methyl sites for hydroxylation is 1. The van der Waals surface area contributed by atoms with Crippen molar-refractivity contribution >= 4 is 40.3 Å². The average Bonchev–Trinajstić information content (AvgIpc) is 3.25. The summed E-state index contributed by atoms with van der Waals surface area (Å²) in [6.45, 7) is 10.7. The fraction of sp³-hybridized carbons (Fsp3) is 0.615. The maximum atomic E-state index is 13.5. The molecule has 0 bridgehead atoms. The molecule has 1 aromatic rings. The topological polar surface area (TPSA) is 106 Å². The molecule has 4 rings (SSSR count). The molecule has 1 saturated heterocycles. The van der Waals surface area contributed by atoms with Gasteiger partial charge in [-0.25, -0.2) is 0 Å². The summed E-state index contributed by atoms with van der Waals surface area (Å²) in [5, 5.41) is 11.3. The van der Waals surface area contributed by atoms with Gasteiger partial charge in [0, 0.05) is 30.2 Å². The van der Waals surface area contributed by atoms with Crippen LogP contribution in [0.2, 0.25) is 0 Å². The summed E-state index contributed by atoms with van der Waals surface area (Å²) in [4.78, 5) is 43.1. The summed E-state index contributed by atoms with van der Waals surface area (Å²) in [5.74, 6) is 0.243. The first kappa shape index (κ1) is 26.3. The highest BCUT2D eigenvalue weighted by molar-refractivity contribution is 8.14. The van der Waals surface area contributed by atoms with Gasteiger partial charge in [-0.2, -0.15) is 5.10 Å². The Morgan fingerprint density at radius 1 is 1.19 bits per heavy atom. The molecule has 4 unspecified atom stereocenters. The number of hydrazone groups is 1. The summed E-state index contributed by atoms with van der Waals surface area (Å²) in [6.07, 6.45) is 1.57. The van der Waals surface area contributed by atoms with E-state index in [1.54, 1.807) is 0 Å². The SMILES string of the molecule is Cc1ccccc1NC(=O)CSC1=NNC2N(CC(C)C)C(=O)C3CCC(C(=O)NC(C)C)CC3N12. The number of thioether (sulfide) groups is 1. The van der Waals surface area contributed by atoms with Crippen molar-refractivity contribution in [2.75, 3.05) is 17.6 Å². The van der Waals surface area contributed by atoms with Gasteiger partial charge in [0.1, 0.15) is 0 Å². The van der Waals surface area contributed by atoms with E-state index in [0.717, 1.165) is 11.3 Å². The molecule has 196 valence electrons. The Labute approximate surface area is 217 Å². The molecule has 1 aromatic carbocycles. The van der Waals surface area contributed by atoms with Crippen molar-refractivity contribution in [1.82, 2.24) is 20.5 Å². The van der Waals surface area contributed by atoms with Crippen LogP contribution in [-0.4, -0.2) is 63.4 Å². The van der Waals surface area contributed by atoms with Gasteiger partial charge in [0.25, 0.3) is 0 Å². The fourth-order valence-electron chi connectivity index (χ4n) is 5.32. The van der Waals surface area contributed by atoms with E-state index in [0.29, 0.717) is 36.9 Å². The minimum atomic E-state index is -0.394. The van der Waals surface area contributed by atoms with Gasteiger partial charge in [0.2, 0.25) is 17.7 Å². The standard InChI is InChI=1S/C26H38N6O3S/c1-15(2)13-31-24(35)19-11-10-18(23(34)27-16(3)4)12-21(19)32-25(31)29-30-26(32)36-14-22(33)28-20-9-7-6-8-17(20)5/h6-9,15-16,18-19,21,25,29H,10-14H2,1-5H3,(H,27,34)(H,28,33). The lowest BCUT2D eigenvalue weighted by Crippen LogP contribution is -2.68. The van der Waals surface area contributed by atoms with Crippen molar-refractivity contribution in [3.8, 4) is 0 Å². The Morgan fingerprint density at radius 2 is 1.94 bits per heavy atom. The lowest BCUT2D eigenvalue weighted by atomic mass is 9.75. The van der Waals surface area contributed by atoms with E-state index in [1.165, 1.54) is 11.8 Å². The van der Waals surface area contributed by atoms with E-state index in [4.69, 9.17) is 0 Å². The van der Waals surface area contributed by atoms with Crippen LogP contribution in [0.5, 0.6) is 0 Å². The Kier molecular flexibility index (Phi) is 8.12. The third-order valence-electron chi connectivity index (χ3n) is 6.94. The van der Waals surface area contributed by atoms with E-state index in [1.807, 2.05) is 49.9 Å². The normalized spacial score (nSPS) is 25.3. The Bertz CT molecular complexity index is 1030. The van der Waals surface area contributed by atoms with Crippen LogP contribution < -0.4 is 16.1 Å². The van der Waals surface area contributed by atoms with Crippen molar-refractivity contribution in [2.24, 2.45) is 22.9 Å². The second-order valence-corrected chi connectivity index (χ2v) is 11.6. The number of anilines is 1. The number of carbonyl (C=O) groups excluding carboxylic acids is 3. The second-order valence-electron chi connectivity index (χ2n) is 10.7. The largest absolute Gasteiger partial charge is 0.354 e. The van der Waals surface area contributed by atoms with Gasteiger partial charge in [-0.1, -0.05) is 43.8 Å². The van der Waals surface area contributed by atoms with Crippen LogP contribution in [0.1, 0.15) is 52.5 Å². The van der Waals surface area contributed by atoms with E-state index in [2.05, 4.69) is 39.9 Å². The monoisotopic (exact) mass is 514 g/mol. The second kappa shape index (κ2) is 11.1. The minimum absolute atomic E-state index is 0.0490. The van der Waals surface area contributed by atoms with Crippen LogP contribution in [0.4, 0.5) is 5.69 Å². The number of para-hydroxylation sites is 1. The molecule has 0 spiro atoms. The number of nitrogens with one attached hydrogen (secondary N) is 3. The molecule has 4 atom stereocenters. The Balaban J connectivity index is 1.50. The summed E-state index contributed by atoms with van der Waals surface area (Å²) >= 11 is 1.36. The summed E-state index contributed by atoms with van der Waals surface area (Å²) in [5.41, 5.74) is 4.95. The van der Waals surface area contributed by atoms with Gasteiger partial charge in [-0.05, 0) is 57.6 Å². The van der Waals surface area contributed by atoms with Crippen LogP contribution in [-0.2, 0) is 14.4 Å². The molecule has 36 heavy (non-hydrogen) atoms. The first-order valence-corrected chi connectivity index (χ1v) is 13.8. The van der Waals surface area contributed by atoms with Crippen molar-refractivity contribution in [2.45, 2.75) is 72.3 Å². The van der Waals surface area contributed by atoms with Crippen molar-refractivity contribution in [3.05, 3.63) is 29.8 Å². The van der Waals surface area contributed by atoms with Crippen molar-refractivity contribution in [3.63, 3.8) is 0 Å². The third kappa shape index (κ3) is 5.63. The molecule has 9 nitrogen and oxygen atoms in total. The van der Waals surface area contributed by atoms with Gasteiger partial charge in [0.15, 0.2) is 11.5 Å². The molecule has 10 heteroatoms. The van der Waals surface area contributed by atoms with Crippen molar-refractivity contribution < 1.29 is 14.4 Å². The zero-order chi connectivity index (χ0) is 26.0. The van der Waals surface area contributed by atoms with Gasteiger partial charge in [-0.3, -0.25) is 19.8 Å². The molecule has 3 amide bonds. The smallest absolute Gasteiger partial charge is 0.234 e. The molecule has 2 aliphatic heterocycles. The summed E-state index contributed by atoms with van der Waals surface area (Å²) in [6, 6.07) is 7.62. The first-order valence-electron chi connectivity index (χ1n) is 12.9. The van der Waals surface area contributed by atoms with Crippen molar-refractivity contribution in [1.29, 1.82) is 0 Å². The van der Waals surface area contributed by atoms with Crippen LogP contribution in [0, 0.1) is 24.7 Å². The van der Waals surface area contributed by atoms with E-state index >= 15 is 0 Å². The van der Waals surface area contributed by atoms with Crippen LogP contribution in [0.25, 0.3) is 0 Å². The number of nitrogens with zero attached hydrogens (tertiary/aromatic N) is 3. The number of fused-ring (bicyclic) bond motifs is 3. The number of rotatable bonds is 7. The maximum Gasteiger partial charge on any atom is 0.234 e. The number of amides is 3. The maximum absolute atomic E-state index is 13.5. The summed E-state index contributed by atoms with van der Waals surface area (Å²) in [7, 11) is 0. The lowest BCUT2D eigenvalue weighted by molar-refractivity contribution is -0.158. The van der Waals surface area contributed by atoms with E-state index < -0.39 is 6.29 Å². The van der Waals surface area contributed by atoms with Gasteiger partial charge in [-0.15, -0.1) is 0 Å². The Hall–Kier alpha value is -2.75. The minimum Gasteiger partial charge on any atom is -0.354 e. The Morgan fingerprint density at radius 3 is 2.64 bits per heavy atom. The summed E-state index contributed by atoms with van der Waals surface area (Å²) < 4.78 is 0. The fourth-order valence-corrected chi connectivity index (χ4v) is 6.15. The van der Waals surface area contributed by atoms with E-state index in [-0.39, 0.29) is 47.4 Å². The van der Waals surface area contributed by atoms with Crippen LogP contribution in [0.3, 0.4) is 0 Å². The van der Waals surface area contributed by atoms with Crippen LogP contribution >= 0.6 is 11.8 Å². The predicted molar refractivity (Wildman–Crippen MR) is 143 cm³/mol. The number of hydrogen-bond donors (Lipinski definition) is 3. The van der Waals surface area contributed by atoms with Gasteiger partial charge >= 0.3 is 0 Å². The molecule has 1 saturated carbocycles. The molecule has 0 aromatic heterocycles. The zero-order valence-electron chi connectivity index (χ0n) is 21.8.